The van der Waals surface area contributed by atoms with Crippen LogP contribution in [0.1, 0.15) is 46.0 Å². The average molecular weight is 390 g/mol. The summed E-state index contributed by atoms with van der Waals surface area (Å²) in [6.07, 6.45) is 8.12. The fourth-order valence-electron chi connectivity index (χ4n) is 3.34. The number of carbonyl (C=O) groups is 1. The number of anilines is 1. The van der Waals surface area contributed by atoms with Crippen molar-refractivity contribution in [3.05, 3.63) is 29.8 Å². The molecule has 0 aromatic heterocycles. The molecule has 0 radical (unpaired) electrons. The Morgan fingerprint density at radius 3 is 2.68 bits per heavy atom. The Bertz CT molecular complexity index is 642. The first-order chi connectivity index (χ1) is 13.7. The molecule has 2 amide bonds. The molecule has 1 aliphatic carbocycles. The zero-order valence-corrected chi connectivity index (χ0v) is 17.6. The van der Waals surface area contributed by atoms with Crippen molar-refractivity contribution >= 4 is 11.7 Å². The third-order valence-corrected chi connectivity index (χ3v) is 5.10. The summed E-state index contributed by atoms with van der Waals surface area (Å²) in [6.45, 7) is 8.34. The fourth-order valence-corrected chi connectivity index (χ4v) is 3.34. The number of nitrogens with zero attached hydrogens (tertiary/aromatic N) is 1. The van der Waals surface area contributed by atoms with E-state index >= 15 is 0 Å². The minimum absolute atomic E-state index is 0.198. The molecule has 0 aliphatic heterocycles. The number of rotatable bonds is 11. The molecule has 6 nitrogen and oxygen atoms in total. The van der Waals surface area contributed by atoms with E-state index in [2.05, 4.69) is 35.5 Å². The summed E-state index contributed by atoms with van der Waals surface area (Å²) in [5.74, 6) is 1.30. The van der Waals surface area contributed by atoms with Crippen LogP contribution in [0.4, 0.5) is 10.5 Å². The van der Waals surface area contributed by atoms with Crippen LogP contribution >= 0.6 is 0 Å². The summed E-state index contributed by atoms with van der Waals surface area (Å²) >= 11 is 0. The lowest BCUT2D eigenvalue weighted by Gasteiger charge is -2.19. The Labute approximate surface area is 169 Å². The number of nitrogens with one attached hydrogen (secondary N) is 2. The monoisotopic (exact) mass is 389 g/mol. The topological polar surface area (TPSA) is 62.8 Å². The van der Waals surface area contributed by atoms with Crippen LogP contribution in [0.2, 0.25) is 0 Å². The van der Waals surface area contributed by atoms with Crippen LogP contribution in [0.25, 0.3) is 0 Å². The van der Waals surface area contributed by atoms with E-state index in [1.807, 2.05) is 18.2 Å². The number of ether oxygens (including phenoxy) is 2. The van der Waals surface area contributed by atoms with E-state index in [0.29, 0.717) is 30.3 Å². The van der Waals surface area contributed by atoms with Gasteiger partial charge in [-0.15, -0.1) is 0 Å². The molecular formula is C22H35N3O3. The number of carbonyl (C=O) groups excluding carboxylic acids is 1. The van der Waals surface area contributed by atoms with Crippen molar-refractivity contribution in [3.63, 3.8) is 0 Å². The number of hydrogen-bond donors (Lipinski definition) is 2. The highest BCUT2D eigenvalue weighted by atomic mass is 16.5. The highest BCUT2D eigenvalue weighted by Gasteiger charge is 2.10. The standard InChI is InChI=1S/C22H35N3O3/c1-4-25(5-2)15-16-28-21-17-19(11-12-20(21)27-3)24-22(26)23-14-13-18-9-7-6-8-10-18/h9,11-12,17H,4-8,10,13-16H2,1-3H3,(H2,23,24,26). The van der Waals surface area contributed by atoms with Gasteiger partial charge in [0, 0.05) is 24.8 Å². The SMILES string of the molecule is CCN(CC)CCOc1cc(NC(=O)NCCC2=CCCCC2)ccc1OC. The molecule has 0 bridgehead atoms. The highest BCUT2D eigenvalue weighted by Crippen LogP contribution is 2.30. The summed E-state index contributed by atoms with van der Waals surface area (Å²) in [6, 6.07) is 5.24. The first kappa shape index (κ1) is 22.1. The van der Waals surface area contributed by atoms with Gasteiger partial charge in [-0.05, 0) is 57.3 Å². The van der Waals surface area contributed by atoms with Gasteiger partial charge >= 0.3 is 6.03 Å². The lowest BCUT2D eigenvalue weighted by molar-refractivity contribution is 0.217. The van der Waals surface area contributed by atoms with Gasteiger partial charge in [-0.2, -0.15) is 0 Å². The smallest absolute Gasteiger partial charge is 0.319 e. The number of amides is 2. The van der Waals surface area contributed by atoms with Crippen LogP contribution in [0.5, 0.6) is 11.5 Å². The van der Waals surface area contributed by atoms with Crippen molar-refractivity contribution in [2.75, 3.05) is 45.2 Å². The largest absolute Gasteiger partial charge is 0.493 e. The summed E-state index contributed by atoms with van der Waals surface area (Å²) in [4.78, 5) is 14.5. The van der Waals surface area contributed by atoms with Gasteiger partial charge in [-0.3, -0.25) is 0 Å². The van der Waals surface area contributed by atoms with Gasteiger partial charge in [0.25, 0.3) is 0 Å². The zero-order valence-electron chi connectivity index (χ0n) is 17.6. The van der Waals surface area contributed by atoms with E-state index in [4.69, 9.17) is 9.47 Å². The van der Waals surface area contributed by atoms with Gasteiger partial charge in [0.15, 0.2) is 11.5 Å². The second kappa shape index (κ2) is 12.3. The van der Waals surface area contributed by atoms with Crippen LogP contribution < -0.4 is 20.1 Å². The van der Waals surface area contributed by atoms with Crippen molar-refractivity contribution in [3.8, 4) is 11.5 Å². The molecule has 0 spiro atoms. The van der Waals surface area contributed by atoms with Gasteiger partial charge in [-0.25, -0.2) is 4.79 Å². The fraction of sp³-hybridized carbons (Fsp3) is 0.591. The number of likely N-dealkylation sites (N-methyl/N-ethyl adjacent to an activating group) is 1. The summed E-state index contributed by atoms with van der Waals surface area (Å²) in [5.41, 5.74) is 2.15. The maximum absolute atomic E-state index is 12.2. The Kier molecular flexibility index (Phi) is 9.69. The van der Waals surface area contributed by atoms with E-state index in [-0.39, 0.29) is 6.03 Å². The third kappa shape index (κ3) is 7.43. The third-order valence-electron chi connectivity index (χ3n) is 5.10. The first-order valence-electron chi connectivity index (χ1n) is 10.4. The normalized spacial score (nSPS) is 13.8. The molecule has 2 N–H and O–H groups in total. The number of allylic oxidation sites excluding steroid dienone is 1. The second-order valence-corrected chi connectivity index (χ2v) is 6.98. The number of urea groups is 1. The molecule has 2 rings (SSSR count). The Morgan fingerprint density at radius 1 is 1.18 bits per heavy atom. The minimum atomic E-state index is -0.198. The lowest BCUT2D eigenvalue weighted by Crippen LogP contribution is -2.30. The van der Waals surface area contributed by atoms with E-state index in [9.17, 15) is 4.79 Å². The second-order valence-electron chi connectivity index (χ2n) is 6.98. The summed E-state index contributed by atoms with van der Waals surface area (Å²) in [7, 11) is 1.62. The number of methoxy groups -OCH3 is 1. The van der Waals surface area contributed by atoms with Gasteiger partial charge in [0.2, 0.25) is 0 Å². The van der Waals surface area contributed by atoms with E-state index in [1.54, 1.807) is 7.11 Å². The van der Waals surface area contributed by atoms with Gasteiger partial charge < -0.3 is 25.0 Å². The van der Waals surface area contributed by atoms with Gasteiger partial charge in [0.1, 0.15) is 6.61 Å². The molecule has 0 unspecified atom stereocenters. The lowest BCUT2D eigenvalue weighted by atomic mass is 9.97. The molecule has 1 aromatic carbocycles. The molecule has 6 heteroatoms. The Balaban J connectivity index is 1.83. The highest BCUT2D eigenvalue weighted by molar-refractivity contribution is 5.89. The molecule has 0 heterocycles. The maximum Gasteiger partial charge on any atom is 0.319 e. The quantitative estimate of drug-likeness (QED) is 0.550. The molecule has 0 atom stereocenters. The molecular weight excluding hydrogens is 354 g/mol. The molecule has 1 aliphatic rings. The summed E-state index contributed by atoms with van der Waals surface area (Å²) in [5, 5.41) is 5.81. The molecule has 1 aromatic rings. The van der Waals surface area contributed by atoms with Crippen LogP contribution in [0.3, 0.4) is 0 Å². The van der Waals surface area contributed by atoms with Crippen molar-refractivity contribution in [1.29, 1.82) is 0 Å². The van der Waals surface area contributed by atoms with Gasteiger partial charge in [-0.1, -0.05) is 25.5 Å². The molecule has 156 valence electrons. The Morgan fingerprint density at radius 2 is 2.00 bits per heavy atom. The molecule has 0 saturated carbocycles. The first-order valence-corrected chi connectivity index (χ1v) is 10.4. The van der Waals surface area contributed by atoms with Crippen molar-refractivity contribution in [2.24, 2.45) is 0 Å². The predicted molar refractivity (Wildman–Crippen MR) is 114 cm³/mol. The minimum Gasteiger partial charge on any atom is -0.493 e. The van der Waals surface area contributed by atoms with Crippen molar-refractivity contribution < 1.29 is 14.3 Å². The molecule has 0 saturated heterocycles. The van der Waals surface area contributed by atoms with Crippen LogP contribution in [-0.4, -0.2) is 50.8 Å². The van der Waals surface area contributed by atoms with Crippen molar-refractivity contribution in [1.82, 2.24) is 10.2 Å². The average Bonchev–Trinajstić information content (AvgIpc) is 2.72. The van der Waals surface area contributed by atoms with Crippen LogP contribution in [-0.2, 0) is 0 Å². The molecule has 28 heavy (non-hydrogen) atoms. The zero-order chi connectivity index (χ0) is 20.2. The molecule has 0 fully saturated rings. The van der Waals surface area contributed by atoms with E-state index in [1.165, 1.54) is 24.8 Å². The van der Waals surface area contributed by atoms with Crippen LogP contribution in [0.15, 0.2) is 29.8 Å². The maximum atomic E-state index is 12.2. The number of hydrogen-bond acceptors (Lipinski definition) is 4. The van der Waals surface area contributed by atoms with E-state index < -0.39 is 0 Å². The van der Waals surface area contributed by atoms with Gasteiger partial charge in [0.05, 0.1) is 7.11 Å². The summed E-state index contributed by atoms with van der Waals surface area (Å²) < 4.78 is 11.3. The number of benzene rings is 1. The Hall–Kier alpha value is -2.21. The van der Waals surface area contributed by atoms with Crippen LogP contribution in [0, 0.1) is 0 Å². The predicted octanol–water partition coefficient (Wildman–Crippen LogP) is 4.43. The van der Waals surface area contributed by atoms with E-state index in [0.717, 1.165) is 32.5 Å². The van der Waals surface area contributed by atoms with Crippen molar-refractivity contribution in [2.45, 2.75) is 46.0 Å².